The molecule has 1 atom stereocenters. The molecule has 0 saturated heterocycles. The van der Waals surface area contributed by atoms with Gasteiger partial charge in [0.25, 0.3) is 0 Å². The SMILES string of the molecule is COC(=O)C(C)(O)CNCCc1ccn(C)n1. The molecular weight excluding hydrogens is 222 g/mol. The van der Waals surface area contributed by atoms with Gasteiger partial charge in [-0.05, 0) is 13.0 Å². The summed E-state index contributed by atoms with van der Waals surface area (Å²) < 4.78 is 6.23. The average Bonchev–Trinajstić information content (AvgIpc) is 2.69. The van der Waals surface area contributed by atoms with E-state index >= 15 is 0 Å². The summed E-state index contributed by atoms with van der Waals surface area (Å²) in [6, 6.07) is 1.93. The Kier molecular flexibility index (Phi) is 4.65. The monoisotopic (exact) mass is 241 g/mol. The lowest BCUT2D eigenvalue weighted by molar-refractivity contribution is -0.159. The molecule has 0 amide bonds. The van der Waals surface area contributed by atoms with E-state index in [4.69, 9.17) is 0 Å². The summed E-state index contributed by atoms with van der Waals surface area (Å²) in [5, 5.41) is 16.9. The number of hydrogen-bond donors (Lipinski definition) is 2. The van der Waals surface area contributed by atoms with Crippen molar-refractivity contribution < 1.29 is 14.6 Å². The van der Waals surface area contributed by atoms with Crippen molar-refractivity contribution in [3.8, 4) is 0 Å². The minimum atomic E-state index is -1.49. The molecule has 0 bridgehead atoms. The molecule has 0 fully saturated rings. The van der Waals surface area contributed by atoms with E-state index in [1.807, 2.05) is 19.3 Å². The van der Waals surface area contributed by atoms with Gasteiger partial charge in [0.1, 0.15) is 0 Å². The van der Waals surface area contributed by atoms with Crippen LogP contribution in [0.15, 0.2) is 12.3 Å². The molecule has 0 saturated carbocycles. The third-order valence-corrected chi connectivity index (χ3v) is 2.42. The molecule has 0 radical (unpaired) electrons. The van der Waals surface area contributed by atoms with Gasteiger partial charge in [-0.2, -0.15) is 5.10 Å². The number of aliphatic hydroxyl groups is 1. The fraction of sp³-hybridized carbons (Fsp3) is 0.636. The zero-order valence-corrected chi connectivity index (χ0v) is 10.4. The maximum atomic E-state index is 11.2. The van der Waals surface area contributed by atoms with Gasteiger partial charge in [0, 0.05) is 32.8 Å². The lowest BCUT2D eigenvalue weighted by atomic mass is 10.1. The first-order chi connectivity index (χ1) is 7.95. The third kappa shape index (κ3) is 4.16. The highest BCUT2D eigenvalue weighted by molar-refractivity contribution is 5.78. The Morgan fingerprint density at radius 2 is 2.41 bits per heavy atom. The van der Waals surface area contributed by atoms with Gasteiger partial charge in [-0.1, -0.05) is 0 Å². The van der Waals surface area contributed by atoms with Crippen LogP contribution in [0.3, 0.4) is 0 Å². The highest BCUT2D eigenvalue weighted by Crippen LogP contribution is 2.03. The summed E-state index contributed by atoms with van der Waals surface area (Å²) in [5.74, 6) is -0.636. The highest BCUT2D eigenvalue weighted by Gasteiger charge is 2.30. The third-order valence-electron chi connectivity index (χ3n) is 2.42. The molecule has 1 rings (SSSR count). The van der Waals surface area contributed by atoms with Gasteiger partial charge >= 0.3 is 5.97 Å². The van der Waals surface area contributed by atoms with Crippen LogP contribution in [0, 0.1) is 0 Å². The molecule has 0 aliphatic heterocycles. The zero-order chi connectivity index (χ0) is 12.9. The fourth-order valence-corrected chi connectivity index (χ4v) is 1.44. The number of carbonyl (C=O) groups excluding carboxylic acids is 1. The maximum absolute atomic E-state index is 11.2. The van der Waals surface area contributed by atoms with Crippen LogP contribution in [-0.2, 0) is 23.0 Å². The summed E-state index contributed by atoms with van der Waals surface area (Å²) in [7, 11) is 3.11. The van der Waals surface area contributed by atoms with Gasteiger partial charge in [-0.3, -0.25) is 4.68 Å². The molecule has 0 aliphatic carbocycles. The standard InChI is InChI=1S/C11H19N3O3/c1-11(16,10(15)17-3)8-12-6-4-9-5-7-14(2)13-9/h5,7,12,16H,4,6,8H2,1-3H3. The number of hydrogen-bond acceptors (Lipinski definition) is 5. The van der Waals surface area contributed by atoms with Crippen LogP contribution in [-0.4, -0.2) is 46.7 Å². The van der Waals surface area contributed by atoms with E-state index in [1.165, 1.54) is 14.0 Å². The van der Waals surface area contributed by atoms with Gasteiger partial charge in [-0.15, -0.1) is 0 Å². The number of nitrogens with one attached hydrogen (secondary N) is 1. The molecule has 1 heterocycles. The van der Waals surface area contributed by atoms with Crippen molar-refractivity contribution >= 4 is 5.97 Å². The van der Waals surface area contributed by atoms with Crippen molar-refractivity contribution in [2.75, 3.05) is 20.2 Å². The van der Waals surface area contributed by atoms with E-state index in [1.54, 1.807) is 4.68 Å². The second-order valence-electron chi connectivity index (χ2n) is 4.17. The van der Waals surface area contributed by atoms with E-state index < -0.39 is 11.6 Å². The van der Waals surface area contributed by atoms with Gasteiger partial charge in [0.15, 0.2) is 5.60 Å². The van der Waals surface area contributed by atoms with Crippen LogP contribution in [0.1, 0.15) is 12.6 Å². The van der Waals surface area contributed by atoms with Gasteiger partial charge in [-0.25, -0.2) is 4.79 Å². The minimum absolute atomic E-state index is 0.159. The Balaban J connectivity index is 2.26. The largest absolute Gasteiger partial charge is 0.467 e. The first kappa shape index (κ1) is 13.7. The smallest absolute Gasteiger partial charge is 0.338 e. The van der Waals surface area contributed by atoms with Gasteiger partial charge in [0.05, 0.1) is 12.8 Å². The van der Waals surface area contributed by atoms with Crippen LogP contribution < -0.4 is 5.32 Å². The van der Waals surface area contributed by atoms with E-state index in [9.17, 15) is 9.90 Å². The van der Waals surface area contributed by atoms with Crippen LogP contribution in [0.25, 0.3) is 0 Å². The van der Waals surface area contributed by atoms with Crippen LogP contribution in [0.5, 0.6) is 0 Å². The predicted molar refractivity (Wildman–Crippen MR) is 62.4 cm³/mol. The van der Waals surface area contributed by atoms with Crippen LogP contribution in [0.4, 0.5) is 0 Å². The summed E-state index contributed by atoms with van der Waals surface area (Å²) >= 11 is 0. The number of carbonyl (C=O) groups is 1. The average molecular weight is 241 g/mol. The first-order valence-electron chi connectivity index (χ1n) is 5.46. The molecular formula is C11H19N3O3. The Morgan fingerprint density at radius 1 is 1.71 bits per heavy atom. The second-order valence-corrected chi connectivity index (χ2v) is 4.17. The van der Waals surface area contributed by atoms with Crippen molar-refractivity contribution in [1.82, 2.24) is 15.1 Å². The van der Waals surface area contributed by atoms with E-state index in [0.29, 0.717) is 6.54 Å². The van der Waals surface area contributed by atoms with Crippen molar-refractivity contribution in [2.45, 2.75) is 18.9 Å². The predicted octanol–water partition coefficient (Wildman–Crippen LogP) is -0.524. The van der Waals surface area contributed by atoms with E-state index in [0.717, 1.165) is 12.1 Å². The molecule has 6 heteroatoms. The molecule has 1 aromatic heterocycles. The van der Waals surface area contributed by atoms with Gasteiger partial charge in [0.2, 0.25) is 0 Å². The fourth-order valence-electron chi connectivity index (χ4n) is 1.44. The number of rotatable bonds is 6. The van der Waals surface area contributed by atoms with Crippen molar-refractivity contribution in [3.63, 3.8) is 0 Å². The molecule has 0 aromatic carbocycles. The Bertz CT molecular complexity index is 374. The number of ether oxygens (including phenoxy) is 1. The van der Waals surface area contributed by atoms with Crippen LogP contribution >= 0.6 is 0 Å². The number of aryl methyl sites for hydroxylation is 1. The summed E-state index contributed by atoms with van der Waals surface area (Å²) in [5.41, 5.74) is -0.517. The quantitative estimate of drug-likeness (QED) is 0.517. The maximum Gasteiger partial charge on any atom is 0.338 e. The summed E-state index contributed by atoms with van der Waals surface area (Å²) in [4.78, 5) is 11.2. The second kappa shape index (κ2) is 5.79. The molecule has 0 aliphatic rings. The molecule has 1 unspecified atom stereocenters. The zero-order valence-electron chi connectivity index (χ0n) is 10.4. The van der Waals surface area contributed by atoms with Crippen molar-refractivity contribution in [1.29, 1.82) is 0 Å². The Hall–Kier alpha value is -1.40. The molecule has 96 valence electrons. The molecule has 2 N–H and O–H groups in total. The summed E-state index contributed by atoms with van der Waals surface area (Å²) in [6.45, 7) is 2.23. The molecule has 6 nitrogen and oxygen atoms in total. The van der Waals surface area contributed by atoms with Crippen molar-refractivity contribution in [3.05, 3.63) is 18.0 Å². The molecule has 1 aromatic rings. The topological polar surface area (TPSA) is 76.4 Å². The molecule has 0 spiro atoms. The number of methoxy groups -OCH3 is 1. The lowest BCUT2D eigenvalue weighted by Crippen LogP contribution is -2.46. The Labute approximate surface area is 101 Å². The highest BCUT2D eigenvalue weighted by atomic mass is 16.5. The summed E-state index contributed by atoms with van der Waals surface area (Å²) in [6.07, 6.45) is 2.62. The first-order valence-corrected chi connectivity index (χ1v) is 5.46. The Morgan fingerprint density at radius 3 is 2.94 bits per heavy atom. The number of aromatic nitrogens is 2. The normalized spacial score (nSPS) is 14.4. The van der Waals surface area contributed by atoms with E-state index in [-0.39, 0.29) is 6.54 Å². The lowest BCUT2D eigenvalue weighted by Gasteiger charge is -2.20. The number of esters is 1. The molecule has 17 heavy (non-hydrogen) atoms. The minimum Gasteiger partial charge on any atom is -0.467 e. The van der Waals surface area contributed by atoms with Gasteiger partial charge < -0.3 is 15.2 Å². The number of nitrogens with zero attached hydrogens (tertiary/aromatic N) is 2. The van der Waals surface area contributed by atoms with Crippen molar-refractivity contribution in [2.24, 2.45) is 7.05 Å². The van der Waals surface area contributed by atoms with E-state index in [2.05, 4.69) is 15.2 Å². The van der Waals surface area contributed by atoms with Crippen LogP contribution in [0.2, 0.25) is 0 Å².